The summed E-state index contributed by atoms with van der Waals surface area (Å²) < 4.78 is 29.4. The van der Waals surface area contributed by atoms with Gasteiger partial charge in [0.15, 0.2) is 5.96 Å². The first-order valence-electron chi connectivity index (χ1n) is 7.64. The Morgan fingerprint density at radius 2 is 1.92 bits per heavy atom. The van der Waals surface area contributed by atoms with Gasteiger partial charge in [-0.2, -0.15) is 8.78 Å². The molecule has 1 aromatic carbocycles. The molecule has 0 saturated carbocycles. The van der Waals surface area contributed by atoms with E-state index in [1.165, 1.54) is 6.07 Å². The number of nitrogens with one attached hydrogen (secondary N) is 2. The van der Waals surface area contributed by atoms with E-state index in [0.29, 0.717) is 24.6 Å². The Balaban J connectivity index is 0.00000312. The number of para-hydroxylation sites is 1. The summed E-state index contributed by atoms with van der Waals surface area (Å²) in [6.45, 7) is 0.516. The number of ether oxygens (including phenoxy) is 1. The highest BCUT2D eigenvalue weighted by molar-refractivity contribution is 14.0. The number of rotatable bonds is 7. The number of aliphatic imine (C=N–C) groups is 1. The van der Waals surface area contributed by atoms with Crippen molar-refractivity contribution in [2.75, 3.05) is 6.54 Å². The fourth-order valence-corrected chi connectivity index (χ4v) is 2.03. The van der Waals surface area contributed by atoms with Crippen LogP contribution < -0.4 is 15.4 Å². The quantitative estimate of drug-likeness (QED) is 0.376. The summed E-state index contributed by atoms with van der Waals surface area (Å²) in [5.41, 5.74) is 1.47. The first kappa shape index (κ1) is 21.1. The number of nitrogens with zero attached hydrogens (tertiary/aromatic N) is 2. The third-order valence-corrected chi connectivity index (χ3v) is 3.10. The lowest BCUT2D eigenvalue weighted by Gasteiger charge is -2.12. The van der Waals surface area contributed by atoms with Gasteiger partial charge in [-0.15, -0.1) is 24.0 Å². The van der Waals surface area contributed by atoms with Crippen LogP contribution in [0.5, 0.6) is 5.75 Å². The SMILES string of the molecule is CCNC(=NCc1ccccc1OC(F)F)NCc1ccccn1.I. The van der Waals surface area contributed by atoms with E-state index in [4.69, 9.17) is 0 Å². The summed E-state index contributed by atoms with van der Waals surface area (Å²) in [7, 11) is 0. The van der Waals surface area contributed by atoms with Gasteiger partial charge in [0, 0.05) is 18.3 Å². The van der Waals surface area contributed by atoms with Crippen LogP contribution in [-0.2, 0) is 13.1 Å². The molecule has 25 heavy (non-hydrogen) atoms. The molecule has 8 heteroatoms. The molecule has 0 spiro atoms. The maximum absolute atomic E-state index is 12.4. The summed E-state index contributed by atoms with van der Waals surface area (Å²) in [6, 6.07) is 12.3. The van der Waals surface area contributed by atoms with Gasteiger partial charge in [-0.25, -0.2) is 4.99 Å². The van der Waals surface area contributed by atoms with Crippen molar-refractivity contribution in [1.82, 2.24) is 15.6 Å². The molecule has 5 nitrogen and oxygen atoms in total. The summed E-state index contributed by atoms with van der Waals surface area (Å²) >= 11 is 0. The second-order valence-electron chi connectivity index (χ2n) is 4.86. The smallest absolute Gasteiger partial charge is 0.387 e. The molecule has 2 N–H and O–H groups in total. The van der Waals surface area contributed by atoms with Crippen LogP contribution in [0.25, 0.3) is 0 Å². The van der Waals surface area contributed by atoms with Crippen LogP contribution in [0, 0.1) is 0 Å². The number of halogens is 3. The summed E-state index contributed by atoms with van der Waals surface area (Å²) in [5.74, 6) is 0.715. The number of alkyl halides is 2. The van der Waals surface area contributed by atoms with Crippen LogP contribution in [0.15, 0.2) is 53.7 Å². The fourth-order valence-electron chi connectivity index (χ4n) is 2.03. The largest absolute Gasteiger partial charge is 0.434 e. The predicted molar refractivity (Wildman–Crippen MR) is 104 cm³/mol. The molecule has 1 aromatic heterocycles. The van der Waals surface area contributed by atoms with Crippen LogP contribution in [-0.4, -0.2) is 24.1 Å². The van der Waals surface area contributed by atoms with Crippen molar-refractivity contribution in [2.45, 2.75) is 26.6 Å². The maximum atomic E-state index is 12.4. The molecule has 0 atom stereocenters. The van der Waals surface area contributed by atoms with Gasteiger partial charge in [0.25, 0.3) is 0 Å². The van der Waals surface area contributed by atoms with Crippen molar-refractivity contribution in [3.8, 4) is 5.75 Å². The molecule has 0 saturated heterocycles. The molecule has 0 unspecified atom stereocenters. The van der Waals surface area contributed by atoms with E-state index in [9.17, 15) is 8.78 Å². The zero-order valence-electron chi connectivity index (χ0n) is 13.8. The van der Waals surface area contributed by atoms with Crippen molar-refractivity contribution in [2.24, 2.45) is 4.99 Å². The minimum atomic E-state index is -2.86. The normalized spacial score (nSPS) is 11.0. The van der Waals surface area contributed by atoms with Gasteiger partial charge in [0.1, 0.15) is 5.75 Å². The molecule has 0 fully saturated rings. The second-order valence-corrected chi connectivity index (χ2v) is 4.86. The zero-order chi connectivity index (χ0) is 17.2. The molecule has 0 aliphatic carbocycles. The Bertz CT molecular complexity index is 656. The van der Waals surface area contributed by atoms with E-state index >= 15 is 0 Å². The lowest BCUT2D eigenvalue weighted by atomic mass is 10.2. The monoisotopic (exact) mass is 462 g/mol. The van der Waals surface area contributed by atoms with Crippen LogP contribution in [0.1, 0.15) is 18.2 Å². The lowest BCUT2D eigenvalue weighted by molar-refractivity contribution is -0.0504. The third-order valence-electron chi connectivity index (χ3n) is 3.10. The first-order valence-corrected chi connectivity index (χ1v) is 7.64. The van der Waals surface area contributed by atoms with Gasteiger partial charge in [0.05, 0.1) is 18.8 Å². The zero-order valence-corrected chi connectivity index (χ0v) is 16.1. The van der Waals surface area contributed by atoms with E-state index in [-0.39, 0.29) is 36.3 Å². The Labute approximate surface area is 162 Å². The molecule has 0 radical (unpaired) electrons. The Morgan fingerprint density at radius 1 is 1.16 bits per heavy atom. The second kappa shape index (κ2) is 11.6. The lowest BCUT2D eigenvalue weighted by Crippen LogP contribution is -2.37. The molecule has 136 valence electrons. The number of benzene rings is 1. The summed E-state index contributed by atoms with van der Waals surface area (Å²) in [6.07, 6.45) is 1.72. The Morgan fingerprint density at radius 3 is 2.60 bits per heavy atom. The van der Waals surface area contributed by atoms with Crippen molar-refractivity contribution >= 4 is 29.9 Å². The summed E-state index contributed by atoms with van der Waals surface area (Å²) in [4.78, 5) is 8.64. The standard InChI is InChI=1S/C17H20F2N4O.HI/c1-2-20-17(23-12-14-8-5-6-10-21-14)22-11-13-7-3-4-9-15(13)24-16(18)19;/h3-10,16H,2,11-12H2,1H3,(H2,20,22,23);1H. The highest BCUT2D eigenvalue weighted by atomic mass is 127. The number of guanidine groups is 1. The maximum Gasteiger partial charge on any atom is 0.387 e. The Kier molecular flexibility index (Phi) is 9.75. The molecule has 2 aromatic rings. The number of aromatic nitrogens is 1. The number of pyridine rings is 1. The highest BCUT2D eigenvalue weighted by Crippen LogP contribution is 2.20. The van der Waals surface area contributed by atoms with Gasteiger partial charge < -0.3 is 15.4 Å². The molecule has 0 aliphatic heterocycles. The van der Waals surface area contributed by atoms with Crippen LogP contribution in [0.2, 0.25) is 0 Å². The van der Waals surface area contributed by atoms with Crippen molar-refractivity contribution in [1.29, 1.82) is 0 Å². The topological polar surface area (TPSA) is 58.5 Å². The van der Waals surface area contributed by atoms with Gasteiger partial charge in [-0.05, 0) is 25.1 Å². The van der Waals surface area contributed by atoms with Crippen LogP contribution >= 0.6 is 24.0 Å². The van der Waals surface area contributed by atoms with Crippen molar-refractivity contribution in [3.63, 3.8) is 0 Å². The van der Waals surface area contributed by atoms with E-state index in [2.05, 4.69) is 25.3 Å². The van der Waals surface area contributed by atoms with Crippen molar-refractivity contribution in [3.05, 3.63) is 59.9 Å². The number of hydrogen-bond donors (Lipinski definition) is 2. The molecule has 2 rings (SSSR count). The molecule has 1 heterocycles. The van der Waals surface area contributed by atoms with Crippen molar-refractivity contribution < 1.29 is 13.5 Å². The van der Waals surface area contributed by atoms with Crippen LogP contribution in [0.3, 0.4) is 0 Å². The predicted octanol–water partition coefficient (Wildman–Crippen LogP) is 3.56. The minimum Gasteiger partial charge on any atom is -0.434 e. The van der Waals surface area contributed by atoms with Gasteiger partial charge in [-0.1, -0.05) is 24.3 Å². The van der Waals surface area contributed by atoms with E-state index in [1.807, 2.05) is 25.1 Å². The first-order chi connectivity index (χ1) is 11.7. The molecule has 0 bridgehead atoms. The van der Waals surface area contributed by atoms with Crippen LogP contribution in [0.4, 0.5) is 8.78 Å². The summed E-state index contributed by atoms with van der Waals surface area (Å²) in [5, 5.41) is 6.26. The third kappa shape index (κ3) is 7.63. The Hall–Kier alpha value is -1.97. The molecular formula is C17H21F2IN4O. The van der Waals surface area contributed by atoms with E-state index in [1.54, 1.807) is 24.4 Å². The highest BCUT2D eigenvalue weighted by Gasteiger charge is 2.09. The van der Waals surface area contributed by atoms with Gasteiger partial charge in [0.2, 0.25) is 0 Å². The average molecular weight is 462 g/mol. The average Bonchev–Trinajstić information content (AvgIpc) is 2.59. The van der Waals surface area contributed by atoms with Gasteiger partial charge >= 0.3 is 6.61 Å². The fraction of sp³-hybridized carbons (Fsp3) is 0.294. The van der Waals surface area contributed by atoms with E-state index in [0.717, 1.165) is 5.69 Å². The van der Waals surface area contributed by atoms with Gasteiger partial charge in [-0.3, -0.25) is 4.98 Å². The van der Waals surface area contributed by atoms with E-state index < -0.39 is 6.61 Å². The molecular weight excluding hydrogens is 441 g/mol. The molecule has 0 aliphatic rings. The minimum absolute atomic E-state index is 0. The molecule has 0 amide bonds. The number of hydrogen-bond acceptors (Lipinski definition) is 3.